The predicted octanol–water partition coefficient (Wildman–Crippen LogP) is 6.15. The van der Waals surface area contributed by atoms with Crippen molar-refractivity contribution >= 4 is 17.4 Å². The summed E-state index contributed by atoms with van der Waals surface area (Å²) >= 11 is 0. The minimum absolute atomic E-state index is 0.0344. The molecule has 0 radical (unpaired) electrons. The van der Waals surface area contributed by atoms with Crippen LogP contribution in [0.3, 0.4) is 0 Å². The molecule has 1 atom stereocenters. The molecule has 6 heteroatoms. The van der Waals surface area contributed by atoms with E-state index in [0.717, 1.165) is 35.4 Å². The van der Waals surface area contributed by atoms with E-state index < -0.39 is 0 Å². The fraction of sp³-hybridized carbons (Fsp3) is 0.233. The Morgan fingerprint density at radius 2 is 1.64 bits per heavy atom. The number of Topliss-reactive ketones (excluding diaryl/α,β-unsaturated/α-hetero) is 1. The predicted molar refractivity (Wildman–Crippen MR) is 139 cm³/mol. The van der Waals surface area contributed by atoms with Gasteiger partial charge in [-0.05, 0) is 48.6 Å². The Morgan fingerprint density at radius 3 is 2.36 bits per heavy atom. The van der Waals surface area contributed by atoms with Crippen LogP contribution < -0.4 is 4.90 Å². The highest BCUT2D eigenvalue weighted by Gasteiger charge is 2.26. The molecule has 2 heterocycles. The first kappa shape index (κ1) is 23.7. The zero-order chi connectivity index (χ0) is 24.9. The van der Waals surface area contributed by atoms with E-state index in [2.05, 4.69) is 0 Å². The minimum atomic E-state index is -0.361. The van der Waals surface area contributed by atoms with E-state index in [4.69, 9.17) is 5.10 Å². The summed E-state index contributed by atoms with van der Waals surface area (Å²) in [5, 5.41) is 4.77. The van der Waals surface area contributed by atoms with Gasteiger partial charge in [-0.25, -0.2) is 4.39 Å². The maximum Gasteiger partial charge on any atom is 0.227 e. The highest BCUT2D eigenvalue weighted by molar-refractivity contribution is 5.94. The van der Waals surface area contributed by atoms with E-state index in [1.54, 1.807) is 21.7 Å². The molecule has 4 aromatic rings. The fourth-order valence-corrected chi connectivity index (χ4v) is 4.90. The Kier molecular flexibility index (Phi) is 7.03. The summed E-state index contributed by atoms with van der Waals surface area (Å²) in [6.45, 7) is 0.681. The minimum Gasteiger partial charge on any atom is -0.312 e. The Balaban J connectivity index is 1.31. The molecule has 1 aromatic heterocycles. The summed E-state index contributed by atoms with van der Waals surface area (Å²) in [7, 11) is 0. The lowest BCUT2D eigenvalue weighted by Crippen LogP contribution is -2.30. The first-order valence-corrected chi connectivity index (χ1v) is 12.3. The number of carbonyl (C=O) groups excluding carboxylic acids is 2. The zero-order valence-corrected chi connectivity index (χ0v) is 20.0. The van der Waals surface area contributed by atoms with E-state index in [9.17, 15) is 14.0 Å². The second kappa shape index (κ2) is 10.7. The smallest absolute Gasteiger partial charge is 0.227 e. The highest BCUT2D eigenvalue weighted by atomic mass is 19.1. The van der Waals surface area contributed by atoms with Gasteiger partial charge in [-0.3, -0.25) is 14.3 Å². The Hall–Kier alpha value is -4.06. The standard InChI is InChI=1S/C30H28FN3O2/c31-25-14-7-15-26(19-25)33-16-8-9-22(18-30(33)36)17-27(35)21-34-29(24-12-5-2-6-13-24)20-28(32-34)23-10-3-1-4-11-23/h1-7,10-15,19-20,22H,8-9,16-18,21H2. The van der Waals surface area contributed by atoms with Crippen LogP contribution in [0.25, 0.3) is 22.5 Å². The number of carbonyl (C=O) groups is 2. The highest BCUT2D eigenvalue weighted by Crippen LogP contribution is 2.29. The van der Waals surface area contributed by atoms with Gasteiger partial charge >= 0.3 is 0 Å². The lowest BCUT2D eigenvalue weighted by Gasteiger charge is -2.21. The SMILES string of the molecule is O=C(CC1CCCN(c2cccc(F)c2)C(=O)C1)Cn1nc(-c2ccccc2)cc1-c1ccccc1. The van der Waals surface area contributed by atoms with Crippen LogP contribution >= 0.6 is 0 Å². The topological polar surface area (TPSA) is 55.2 Å². The van der Waals surface area contributed by atoms with Crippen molar-refractivity contribution in [2.75, 3.05) is 11.4 Å². The van der Waals surface area contributed by atoms with Gasteiger partial charge in [0.05, 0.1) is 11.4 Å². The van der Waals surface area contributed by atoms with E-state index in [1.165, 1.54) is 12.1 Å². The van der Waals surface area contributed by atoms with Crippen molar-refractivity contribution in [1.29, 1.82) is 0 Å². The molecule has 0 aliphatic carbocycles. The van der Waals surface area contributed by atoms with Crippen LogP contribution in [0, 0.1) is 11.7 Å². The molecule has 5 rings (SSSR count). The number of nitrogens with zero attached hydrogens (tertiary/aromatic N) is 3. The monoisotopic (exact) mass is 481 g/mol. The Bertz CT molecular complexity index is 1350. The van der Waals surface area contributed by atoms with Gasteiger partial charge in [0, 0.05) is 30.6 Å². The lowest BCUT2D eigenvalue weighted by molar-refractivity contribution is -0.121. The first-order valence-electron chi connectivity index (χ1n) is 12.3. The quantitative estimate of drug-likeness (QED) is 0.318. The first-order chi connectivity index (χ1) is 17.6. The van der Waals surface area contributed by atoms with Crippen LogP contribution in [-0.4, -0.2) is 28.0 Å². The molecule has 0 bridgehead atoms. The third-order valence-electron chi connectivity index (χ3n) is 6.64. The van der Waals surface area contributed by atoms with Crippen LogP contribution in [0.4, 0.5) is 10.1 Å². The summed E-state index contributed by atoms with van der Waals surface area (Å²) in [5.41, 5.74) is 4.27. The molecule has 1 saturated heterocycles. The third-order valence-corrected chi connectivity index (χ3v) is 6.64. The van der Waals surface area contributed by atoms with E-state index in [1.807, 2.05) is 66.7 Å². The maximum absolute atomic E-state index is 13.7. The van der Waals surface area contributed by atoms with Crippen molar-refractivity contribution in [3.63, 3.8) is 0 Å². The summed E-state index contributed by atoms with van der Waals surface area (Å²) in [5.74, 6) is -0.411. The number of amides is 1. The van der Waals surface area contributed by atoms with E-state index >= 15 is 0 Å². The molecule has 1 aliphatic rings. The average molecular weight is 482 g/mol. The second-order valence-corrected chi connectivity index (χ2v) is 9.28. The average Bonchev–Trinajstić information content (AvgIpc) is 3.21. The van der Waals surface area contributed by atoms with Crippen molar-refractivity contribution in [3.05, 3.63) is 96.8 Å². The number of halogens is 1. The molecule has 1 amide bonds. The molecule has 1 unspecified atom stereocenters. The molecular formula is C30H28FN3O2. The molecule has 36 heavy (non-hydrogen) atoms. The zero-order valence-electron chi connectivity index (χ0n) is 20.0. The normalized spacial score (nSPS) is 16.1. The van der Waals surface area contributed by atoms with Crippen LogP contribution in [0.15, 0.2) is 91.0 Å². The number of benzene rings is 3. The lowest BCUT2D eigenvalue weighted by atomic mass is 9.94. The summed E-state index contributed by atoms with van der Waals surface area (Å²) in [6, 6.07) is 28.0. The second-order valence-electron chi connectivity index (χ2n) is 9.28. The molecule has 1 fully saturated rings. The van der Waals surface area contributed by atoms with Gasteiger partial charge in [-0.15, -0.1) is 0 Å². The van der Waals surface area contributed by atoms with Gasteiger partial charge in [0.2, 0.25) is 5.91 Å². The number of anilines is 1. The van der Waals surface area contributed by atoms with Crippen molar-refractivity contribution in [3.8, 4) is 22.5 Å². The maximum atomic E-state index is 13.7. The number of aromatic nitrogens is 2. The molecule has 0 saturated carbocycles. The van der Waals surface area contributed by atoms with E-state index in [-0.39, 0.29) is 36.4 Å². The van der Waals surface area contributed by atoms with Gasteiger partial charge in [-0.1, -0.05) is 66.7 Å². The van der Waals surface area contributed by atoms with Gasteiger partial charge in [-0.2, -0.15) is 5.10 Å². The van der Waals surface area contributed by atoms with Gasteiger partial charge in [0.15, 0.2) is 5.78 Å². The van der Waals surface area contributed by atoms with Crippen LogP contribution in [0.1, 0.15) is 25.7 Å². The number of hydrogen-bond donors (Lipinski definition) is 0. The molecule has 5 nitrogen and oxygen atoms in total. The largest absolute Gasteiger partial charge is 0.312 e. The molecule has 3 aromatic carbocycles. The summed E-state index contributed by atoms with van der Waals surface area (Å²) in [6.07, 6.45) is 2.15. The van der Waals surface area contributed by atoms with Crippen molar-refractivity contribution in [1.82, 2.24) is 9.78 Å². The summed E-state index contributed by atoms with van der Waals surface area (Å²) in [4.78, 5) is 27.8. The van der Waals surface area contributed by atoms with Crippen LogP contribution in [0.5, 0.6) is 0 Å². The van der Waals surface area contributed by atoms with Crippen molar-refractivity contribution in [2.45, 2.75) is 32.2 Å². The van der Waals surface area contributed by atoms with Gasteiger partial charge in [0.25, 0.3) is 0 Å². The summed E-state index contributed by atoms with van der Waals surface area (Å²) < 4.78 is 15.5. The van der Waals surface area contributed by atoms with Gasteiger partial charge < -0.3 is 4.90 Å². The number of ketones is 1. The molecule has 0 N–H and O–H groups in total. The van der Waals surface area contributed by atoms with Crippen LogP contribution in [-0.2, 0) is 16.1 Å². The molecule has 1 aliphatic heterocycles. The number of rotatable bonds is 7. The van der Waals surface area contributed by atoms with Crippen molar-refractivity contribution < 1.29 is 14.0 Å². The molecule has 0 spiro atoms. The van der Waals surface area contributed by atoms with Crippen molar-refractivity contribution in [2.24, 2.45) is 5.92 Å². The van der Waals surface area contributed by atoms with E-state index in [0.29, 0.717) is 18.7 Å². The third kappa shape index (κ3) is 5.43. The van der Waals surface area contributed by atoms with Gasteiger partial charge in [0.1, 0.15) is 12.4 Å². The Labute approximate surface area is 210 Å². The van der Waals surface area contributed by atoms with Crippen LogP contribution in [0.2, 0.25) is 0 Å². The molecule has 182 valence electrons. The molecular weight excluding hydrogens is 453 g/mol. The fourth-order valence-electron chi connectivity index (χ4n) is 4.90. The number of hydrogen-bond acceptors (Lipinski definition) is 3. The Morgan fingerprint density at radius 1 is 0.917 bits per heavy atom.